The van der Waals surface area contributed by atoms with Crippen LogP contribution in [0.2, 0.25) is 0 Å². The van der Waals surface area contributed by atoms with E-state index < -0.39 is 0 Å². The zero-order valence-electron chi connectivity index (χ0n) is 16.1. The van der Waals surface area contributed by atoms with Gasteiger partial charge in [-0.05, 0) is 37.6 Å². The maximum absolute atomic E-state index is 9.25. The number of benzene rings is 2. The van der Waals surface area contributed by atoms with Gasteiger partial charge in [-0.1, -0.05) is 36.0 Å². The van der Waals surface area contributed by atoms with Crippen molar-refractivity contribution < 1.29 is 9.47 Å². The van der Waals surface area contributed by atoms with Gasteiger partial charge in [0.25, 0.3) is 0 Å². The second-order valence-corrected chi connectivity index (χ2v) is 7.02. The Morgan fingerprint density at radius 2 is 1.93 bits per heavy atom. The summed E-state index contributed by atoms with van der Waals surface area (Å²) in [5.74, 6) is 2.89. The molecular formula is C21H22N4O2S. The number of hydrogen-bond acceptors (Lipinski definition) is 6. The summed E-state index contributed by atoms with van der Waals surface area (Å²) in [6.07, 6.45) is -0.264. The molecule has 0 N–H and O–H groups in total. The van der Waals surface area contributed by atoms with Crippen LogP contribution in [-0.4, -0.2) is 21.9 Å². The lowest BCUT2D eigenvalue weighted by atomic mass is 10.1. The Bertz CT molecular complexity index is 981. The fourth-order valence-corrected chi connectivity index (χ4v) is 3.85. The van der Waals surface area contributed by atoms with Crippen molar-refractivity contribution in [2.75, 3.05) is 7.11 Å². The maximum Gasteiger partial charge on any atom is 0.191 e. The molecule has 0 aliphatic carbocycles. The average molecular weight is 395 g/mol. The minimum atomic E-state index is -0.264. The van der Waals surface area contributed by atoms with Gasteiger partial charge in [0.1, 0.15) is 11.5 Å². The van der Waals surface area contributed by atoms with Crippen molar-refractivity contribution in [2.45, 2.75) is 37.4 Å². The van der Waals surface area contributed by atoms with Crippen LogP contribution >= 0.6 is 11.8 Å². The van der Waals surface area contributed by atoms with Crippen molar-refractivity contribution in [1.82, 2.24) is 14.8 Å². The Labute approximate surface area is 169 Å². The molecule has 3 rings (SSSR count). The second-order valence-electron chi connectivity index (χ2n) is 6.08. The lowest BCUT2D eigenvalue weighted by Crippen LogP contribution is -2.12. The molecule has 0 spiro atoms. The Kier molecular flexibility index (Phi) is 6.56. The first kappa shape index (κ1) is 19.8. The van der Waals surface area contributed by atoms with E-state index in [1.54, 1.807) is 18.9 Å². The molecule has 1 unspecified atom stereocenters. The van der Waals surface area contributed by atoms with Crippen LogP contribution in [0.1, 0.15) is 36.9 Å². The third-order valence-electron chi connectivity index (χ3n) is 4.27. The number of nitrogens with zero attached hydrogens (tertiary/aromatic N) is 4. The number of nitriles is 1. The van der Waals surface area contributed by atoms with Crippen molar-refractivity contribution in [1.29, 1.82) is 5.26 Å². The summed E-state index contributed by atoms with van der Waals surface area (Å²) in [6.45, 7) is 4.74. The number of hydrogen-bond donors (Lipinski definition) is 0. The summed E-state index contributed by atoms with van der Waals surface area (Å²) < 4.78 is 13.3. The maximum atomic E-state index is 9.25. The van der Waals surface area contributed by atoms with E-state index in [1.165, 1.54) is 0 Å². The van der Waals surface area contributed by atoms with Crippen molar-refractivity contribution in [3.8, 4) is 17.6 Å². The summed E-state index contributed by atoms with van der Waals surface area (Å²) in [4.78, 5) is 0. The van der Waals surface area contributed by atoms with Gasteiger partial charge in [-0.15, -0.1) is 10.2 Å². The molecule has 1 aromatic heterocycles. The monoisotopic (exact) mass is 394 g/mol. The molecule has 28 heavy (non-hydrogen) atoms. The van der Waals surface area contributed by atoms with Gasteiger partial charge in [0, 0.05) is 18.4 Å². The highest BCUT2D eigenvalue weighted by molar-refractivity contribution is 7.98. The Morgan fingerprint density at radius 1 is 1.14 bits per heavy atom. The highest BCUT2D eigenvalue weighted by Gasteiger charge is 2.19. The molecule has 0 saturated carbocycles. The lowest BCUT2D eigenvalue weighted by molar-refractivity contribution is 0.209. The van der Waals surface area contributed by atoms with E-state index in [-0.39, 0.29) is 6.10 Å². The van der Waals surface area contributed by atoms with Crippen LogP contribution in [-0.2, 0) is 12.3 Å². The Balaban J connectivity index is 1.74. The van der Waals surface area contributed by atoms with Gasteiger partial charge < -0.3 is 14.0 Å². The average Bonchev–Trinajstić information content (AvgIpc) is 3.15. The zero-order valence-corrected chi connectivity index (χ0v) is 16.9. The van der Waals surface area contributed by atoms with Gasteiger partial charge in [-0.3, -0.25) is 0 Å². The van der Waals surface area contributed by atoms with Gasteiger partial charge in [0.05, 0.1) is 18.7 Å². The minimum absolute atomic E-state index is 0.264. The van der Waals surface area contributed by atoms with Crippen LogP contribution in [0.15, 0.2) is 53.7 Å². The topological polar surface area (TPSA) is 73.0 Å². The lowest BCUT2D eigenvalue weighted by Gasteiger charge is -2.16. The highest BCUT2D eigenvalue weighted by atomic mass is 32.2. The van der Waals surface area contributed by atoms with E-state index in [0.29, 0.717) is 11.3 Å². The van der Waals surface area contributed by atoms with Crippen LogP contribution < -0.4 is 9.47 Å². The molecule has 2 aromatic carbocycles. The number of thioether (sulfide) groups is 1. The predicted molar refractivity (Wildman–Crippen MR) is 108 cm³/mol. The minimum Gasteiger partial charge on any atom is -0.497 e. The SMILES string of the molecule is CCn1c(SCc2ccccc2C#N)nnc1C(C)Oc1cccc(OC)c1. The summed E-state index contributed by atoms with van der Waals surface area (Å²) >= 11 is 1.57. The van der Waals surface area contributed by atoms with Crippen LogP contribution in [0.3, 0.4) is 0 Å². The number of methoxy groups -OCH3 is 1. The van der Waals surface area contributed by atoms with Crippen LogP contribution in [0.25, 0.3) is 0 Å². The van der Waals surface area contributed by atoms with Crippen molar-refractivity contribution in [3.63, 3.8) is 0 Å². The van der Waals surface area contributed by atoms with Gasteiger partial charge in [-0.25, -0.2) is 0 Å². The van der Waals surface area contributed by atoms with Gasteiger partial charge in [0.15, 0.2) is 17.1 Å². The molecule has 144 valence electrons. The quantitative estimate of drug-likeness (QED) is 0.520. The van der Waals surface area contributed by atoms with Gasteiger partial charge in [0.2, 0.25) is 0 Å². The van der Waals surface area contributed by atoms with E-state index in [2.05, 4.69) is 23.2 Å². The summed E-state index contributed by atoms with van der Waals surface area (Å²) in [6, 6.07) is 17.3. The van der Waals surface area contributed by atoms with Gasteiger partial charge in [-0.2, -0.15) is 5.26 Å². The Hall–Kier alpha value is -2.98. The summed E-state index contributed by atoms with van der Waals surface area (Å²) in [5, 5.41) is 18.8. The van der Waals surface area contributed by atoms with E-state index in [1.807, 2.05) is 60.0 Å². The predicted octanol–water partition coefficient (Wildman–Crippen LogP) is 4.61. The molecule has 6 nitrogen and oxygen atoms in total. The molecule has 0 aliphatic heterocycles. The first-order valence-electron chi connectivity index (χ1n) is 9.00. The zero-order chi connectivity index (χ0) is 19.9. The molecule has 0 radical (unpaired) electrons. The standard InChI is InChI=1S/C21H22N4O2S/c1-4-25-20(15(2)27-19-11-7-10-18(12-19)26-3)23-24-21(25)28-14-17-9-6-5-8-16(17)13-22/h5-12,15H,4,14H2,1-3H3. The molecule has 0 bridgehead atoms. The highest BCUT2D eigenvalue weighted by Crippen LogP contribution is 2.28. The number of ether oxygens (including phenoxy) is 2. The fraction of sp³-hybridized carbons (Fsp3) is 0.286. The van der Waals surface area contributed by atoms with E-state index in [9.17, 15) is 5.26 Å². The first-order valence-corrected chi connectivity index (χ1v) is 9.99. The smallest absolute Gasteiger partial charge is 0.191 e. The van der Waals surface area contributed by atoms with Crippen molar-refractivity contribution in [3.05, 3.63) is 65.5 Å². The van der Waals surface area contributed by atoms with Gasteiger partial charge >= 0.3 is 0 Å². The normalized spacial score (nSPS) is 11.6. The molecule has 7 heteroatoms. The first-order chi connectivity index (χ1) is 13.7. The van der Waals surface area contributed by atoms with Crippen LogP contribution in [0.4, 0.5) is 0 Å². The molecule has 0 amide bonds. The largest absolute Gasteiger partial charge is 0.497 e. The third-order valence-corrected chi connectivity index (χ3v) is 5.29. The van der Waals surface area contributed by atoms with Crippen LogP contribution in [0, 0.1) is 11.3 Å². The number of rotatable bonds is 8. The molecule has 0 aliphatic rings. The summed E-state index contributed by atoms with van der Waals surface area (Å²) in [5.41, 5.74) is 1.68. The molecular weight excluding hydrogens is 372 g/mol. The van der Waals surface area contributed by atoms with Crippen molar-refractivity contribution >= 4 is 11.8 Å². The Morgan fingerprint density at radius 3 is 2.68 bits per heavy atom. The van der Waals surface area contributed by atoms with Crippen molar-refractivity contribution in [2.24, 2.45) is 0 Å². The number of aromatic nitrogens is 3. The second kappa shape index (κ2) is 9.29. The molecule has 0 saturated heterocycles. The third kappa shape index (κ3) is 4.46. The van der Waals surface area contributed by atoms with E-state index in [0.717, 1.165) is 34.6 Å². The molecule has 3 aromatic rings. The van der Waals surface area contributed by atoms with E-state index in [4.69, 9.17) is 9.47 Å². The fourth-order valence-electron chi connectivity index (χ4n) is 2.83. The molecule has 1 heterocycles. The van der Waals surface area contributed by atoms with Crippen LogP contribution in [0.5, 0.6) is 11.5 Å². The molecule has 0 fully saturated rings. The summed E-state index contributed by atoms with van der Waals surface area (Å²) in [7, 11) is 1.63. The molecule has 1 atom stereocenters. The van der Waals surface area contributed by atoms with E-state index >= 15 is 0 Å².